The molecule has 1 aliphatic heterocycles. The molecule has 17 heavy (non-hydrogen) atoms. The van der Waals surface area contributed by atoms with Crippen molar-refractivity contribution >= 4 is 23.4 Å². The second-order valence-corrected chi connectivity index (χ2v) is 4.25. The van der Waals surface area contributed by atoms with E-state index in [9.17, 15) is 5.11 Å². The molecule has 0 unspecified atom stereocenters. The summed E-state index contributed by atoms with van der Waals surface area (Å²) in [5.74, 6) is 1.51. The minimum atomic E-state index is 0.182. The van der Waals surface area contributed by atoms with Gasteiger partial charge in [0.1, 0.15) is 17.3 Å². The Morgan fingerprint density at radius 1 is 1.00 bits per heavy atom. The molecule has 84 valence electrons. The van der Waals surface area contributed by atoms with Crippen LogP contribution in [0.5, 0.6) is 11.5 Å². The number of aliphatic hydroxyl groups is 1. The number of aliphatic hydroxyl groups excluding tert-OH is 1. The number of hydrogen-bond donors (Lipinski definition) is 1. The van der Waals surface area contributed by atoms with Crippen molar-refractivity contribution < 1.29 is 9.84 Å². The predicted octanol–water partition coefficient (Wildman–Crippen LogP) is 4.50. The lowest BCUT2D eigenvalue weighted by Crippen LogP contribution is -1.88. The first-order valence-electron chi connectivity index (χ1n) is 5.21. The summed E-state index contributed by atoms with van der Waals surface area (Å²) in [6, 6.07) is 12.7. The average molecular weight is 245 g/mol. The van der Waals surface area contributed by atoms with E-state index < -0.39 is 0 Å². The van der Waals surface area contributed by atoms with Crippen molar-refractivity contribution in [2.75, 3.05) is 0 Å². The van der Waals surface area contributed by atoms with Crippen LogP contribution in [0.25, 0.3) is 11.8 Å². The van der Waals surface area contributed by atoms with Crippen molar-refractivity contribution in [2.24, 2.45) is 0 Å². The van der Waals surface area contributed by atoms with Gasteiger partial charge in [-0.25, -0.2) is 0 Å². The summed E-state index contributed by atoms with van der Waals surface area (Å²) in [6.45, 7) is 0. The van der Waals surface area contributed by atoms with Crippen molar-refractivity contribution in [3.8, 4) is 11.5 Å². The van der Waals surface area contributed by atoms with Crippen LogP contribution in [0.4, 0.5) is 0 Å². The zero-order chi connectivity index (χ0) is 11.8. The molecule has 0 atom stereocenters. The highest BCUT2D eigenvalue weighted by molar-refractivity contribution is 6.30. The maximum Gasteiger partial charge on any atom is 0.138 e. The summed E-state index contributed by atoms with van der Waals surface area (Å²) in [6.07, 6.45) is 1.66. The zero-order valence-corrected chi connectivity index (χ0v) is 9.61. The first kappa shape index (κ1) is 10.2. The maximum atomic E-state index is 10.0. The van der Waals surface area contributed by atoms with Gasteiger partial charge < -0.3 is 9.84 Å². The number of ether oxygens (including phenoxy) is 1. The first-order valence-corrected chi connectivity index (χ1v) is 5.59. The largest absolute Gasteiger partial charge is 0.507 e. The second kappa shape index (κ2) is 3.82. The van der Waals surface area contributed by atoms with Crippen molar-refractivity contribution in [1.29, 1.82) is 0 Å². The van der Waals surface area contributed by atoms with Crippen LogP contribution in [-0.4, -0.2) is 5.11 Å². The summed E-state index contributed by atoms with van der Waals surface area (Å²) in [7, 11) is 0. The lowest BCUT2D eigenvalue weighted by molar-refractivity contribution is 0.472. The number of hydrogen-bond acceptors (Lipinski definition) is 2. The van der Waals surface area contributed by atoms with Crippen LogP contribution >= 0.6 is 11.6 Å². The fourth-order valence-electron chi connectivity index (χ4n) is 1.84. The predicted molar refractivity (Wildman–Crippen MR) is 68.5 cm³/mol. The lowest BCUT2D eigenvalue weighted by atomic mass is 10.1. The SMILES string of the molecule is OC1=Cc2cc(Cl)ccc2Oc2ccccc21. The molecule has 0 saturated carbocycles. The van der Waals surface area contributed by atoms with E-state index in [2.05, 4.69) is 0 Å². The molecule has 3 heteroatoms. The van der Waals surface area contributed by atoms with E-state index in [-0.39, 0.29) is 5.76 Å². The number of fused-ring (bicyclic) bond motifs is 2. The molecule has 2 nitrogen and oxygen atoms in total. The van der Waals surface area contributed by atoms with Crippen LogP contribution in [-0.2, 0) is 0 Å². The van der Waals surface area contributed by atoms with Crippen molar-refractivity contribution in [1.82, 2.24) is 0 Å². The fourth-order valence-corrected chi connectivity index (χ4v) is 2.02. The minimum Gasteiger partial charge on any atom is -0.507 e. The molecule has 0 amide bonds. The molecular weight excluding hydrogens is 236 g/mol. The maximum absolute atomic E-state index is 10.0. The van der Waals surface area contributed by atoms with Gasteiger partial charge in [-0.3, -0.25) is 0 Å². The molecule has 0 fully saturated rings. The van der Waals surface area contributed by atoms with E-state index in [1.807, 2.05) is 24.3 Å². The van der Waals surface area contributed by atoms with Gasteiger partial charge in [0.25, 0.3) is 0 Å². The number of benzene rings is 2. The summed E-state index contributed by atoms with van der Waals surface area (Å²) in [5.41, 5.74) is 1.45. The third kappa shape index (κ3) is 1.77. The molecule has 0 bridgehead atoms. The number of para-hydroxylation sites is 1. The summed E-state index contributed by atoms with van der Waals surface area (Å²) in [5, 5.41) is 10.6. The highest BCUT2D eigenvalue weighted by Gasteiger charge is 2.15. The van der Waals surface area contributed by atoms with E-state index in [1.165, 1.54) is 0 Å². The van der Waals surface area contributed by atoms with Gasteiger partial charge in [-0.2, -0.15) is 0 Å². The van der Waals surface area contributed by atoms with E-state index in [0.29, 0.717) is 22.1 Å². The highest BCUT2D eigenvalue weighted by Crippen LogP contribution is 2.37. The van der Waals surface area contributed by atoms with E-state index in [0.717, 1.165) is 5.56 Å². The molecule has 1 N–H and O–H groups in total. The lowest BCUT2D eigenvalue weighted by Gasteiger charge is -2.08. The van der Waals surface area contributed by atoms with Crippen molar-refractivity contribution in [3.05, 3.63) is 58.6 Å². The molecular formula is C14H9ClO2. The monoisotopic (exact) mass is 244 g/mol. The Morgan fingerprint density at radius 3 is 2.71 bits per heavy atom. The fraction of sp³-hybridized carbons (Fsp3) is 0. The smallest absolute Gasteiger partial charge is 0.138 e. The molecule has 2 aromatic rings. The summed E-state index contributed by atoms with van der Waals surface area (Å²) in [4.78, 5) is 0. The topological polar surface area (TPSA) is 29.5 Å². The number of rotatable bonds is 0. The van der Waals surface area contributed by atoms with Gasteiger partial charge in [-0.1, -0.05) is 23.7 Å². The van der Waals surface area contributed by atoms with Gasteiger partial charge in [0.15, 0.2) is 0 Å². The van der Waals surface area contributed by atoms with Gasteiger partial charge in [-0.15, -0.1) is 0 Å². The molecule has 1 aliphatic rings. The van der Waals surface area contributed by atoms with Crippen LogP contribution in [0.1, 0.15) is 11.1 Å². The summed E-state index contributed by atoms with van der Waals surface area (Å²) >= 11 is 5.92. The van der Waals surface area contributed by atoms with Crippen LogP contribution in [0, 0.1) is 0 Å². The van der Waals surface area contributed by atoms with Gasteiger partial charge in [0.2, 0.25) is 0 Å². The van der Waals surface area contributed by atoms with Gasteiger partial charge in [-0.05, 0) is 36.4 Å². The Bertz CT molecular complexity index is 617. The van der Waals surface area contributed by atoms with E-state index in [1.54, 1.807) is 24.3 Å². The van der Waals surface area contributed by atoms with E-state index in [4.69, 9.17) is 16.3 Å². The summed E-state index contributed by atoms with van der Waals surface area (Å²) < 4.78 is 5.76. The molecule has 3 rings (SSSR count). The van der Waals surface area contributed by atoms with Crippen molar-refractivity contribution in [2.45, 2.75) is 0 Å². The third-order valence-electron chi connectivity index (χ3n) is 2.65. The van der Waals surface area contributed by atoms with E-state index >= 15 is 0 Å². The Hall–Kier alpha value is -1.93. The molecule has 0 aromatic heterocycles. The van der Waals surface area contributed by atoms with Gasteiger partial charge >= 0.3 is 0 Å². The molecule has 0 radical (unpaired) electrons. The second-order valence-electron chi connectivity index (χ2n) is 3.81. The highest BCUT2D eigenvalue weighted by atomic mass is 35.5. The van der Waals surface area contributed by atoms with Crippen LogP contribution in [0.3, 0.4) is 0 Å². The van der Waals surface area contributed by atoms with Crippen molar-refractivity contribution in [3.63, 3.8) is 0 Å². The third-order valence-corrected chi connectivity index (χ3v) is 2.88. The molecule has 0 aliphatic carbocycles. The molecule has 0 spiro atoms. The quantitative estimate of drug-likeness (QED) is 0.739. The number of halogens is 1. The van der Waals surface area contributed by atoms with Crippen LogP contribution < -0.4 is 4.74 Å². The van der Waals surface area contributed by atoms with Gasteiger partial charge in [0, 0.05) is 10.6 Å². The normalized spacial score (nSPS) is 12.9. The van der Waals surface area contributed by atoms with Crippen LogP contribution in [0.2, 0.25) is 5.02 Å². The molecule has 2 aromatic carbocycles. The Balaban J connectivity index is 2.24. The standard InChI is InChI=1S/C14H9ClO2/c15-10-5-6-13-9(7-10)8-12(16)11-3-1-2-4-14(11)17-13/h1-8,16H. The Morgan fingerprint density at radius 2 is 1.82 bits per heavy atom. The van der Waals surface area contributed by atoms with Gasteiger partial charge in [0.05, 0.1) is 5.56 Å². The molecule has 1 heterocycles. The zero-order valence-electron chi connectivity index (χ0n) is 8.85. The van der Waals surface area contributed by atoms with Crippen LogP contribution in [0.15, 0.2) is 42.5 Å². The first-order chi connectivity index (χ1) is 8.24. The Kier molecular flexibility index (Phi) is 2.30. The molecule has 0 saturated heterocycles. The average Bonchev–Trinajstić information content (AvgIpc) is 2.46. The Labute approximate surface area is 104 Å². The minimum absolute atomic E-state index is 0.182.